The van der Waals surface area contributed by atoms with Gasteiger partial charge in [-0.25, -0.2) is 13.2 Å². The van der Waals surface area contributed by atoms with Crippen molar-refractivity contribution in [2.45, 2.75) is 11.3 Å². The Balaban J connectivity index is 1.61. The SMILES string of the molecule is O=C(CSc1ccc2c(c1)OCCCO2)Nc1ccc(F)c(F)c1F. The van der Waals surface area contributed by atoms with Crippen LogP contribution < -0.4 is 14.8 Å². The molecule has 0 aromatic heterocycles. The summed E-state index contributed by atoms with van der Waals surface area (Å²) in [5, 5.41) is 2.22. The first-order valence-corrected chi connectivity index (χ1v) is 8.49. The topological polar surface area (TPSA) is 47.6 Å². The zero-order chi connectivity index (χ0) is 17.8. The van der Waals surface area contributed by atoms with Crippen LogP contribution in [0.5, 0.6) is 11.5 Å². The van der Waals surface area contributed by atoms with E-state index < -0.39 is 29.0 Å². The van der Waals surface area contributed by atoms with Gasteiger partial charge in [-0.15, -0.1) is 11.8 Å². The van der Waals surface area contributed by atoms with E-state index in [0.29, 0.717) is 24.7 Å². The molecule has 0 radical (unpaired) electrons. The summed E-state index contributed by atoms with van der Waals surface area (Å²) in [4.78, 5) is 12.7. The number of nitrogens with one attached hydrogen (secondary N) is 1. The molecule has 1 aliphatic rings. The van der Waals surface area contributed by atoms with Crippen molar-refractivity contribution in [1.29, 1.82) is 0 Å². The van der Waals surface area contributed by atoms with Crippen LogP contribution in [0.2, 0.25) is 0 Å². The Labute approximate surface area is 146 Å². The maximum absolute atomic E-state index is 13.5. The van der Waals surface area contributed by atoms with E-state index in [1.54, 1.807) is 18.2 Å². The lowest BCUT2D eigenvalue weighted by Crippen LogP contribution is -2.15. The Hall–Kier alpha value is -2.35. The van der Waals surface area contributed by atoms with E-state index in [1.807, 2.05) is 0 Å². The Morgan fingerprint density at radius 3 is 2.60 bits per heavy atom. The molecular weight excluding hydrogens is 355 g/mol. The van der Waals surface area contributed by atoms with Gasteiger partial charge in [-0.2, -0.15) is 0 Å². The molecular formula is C17H14F3NO3S. The second-order valence-corrected chi connectivity index (χ2v) is 6.27. The number of ether oxygens (including phenoxy) is 2. The van der Waals surface area contributed by atoms with Crippen molar-refractivity contribution in [3.8, 4) is 11.5 Å². The predicted octanol–water partition coefficient (Wildman–Crippen LogP) is 4.00. The second kappa shape index (κ2) is 7.69. The number of benzene rings is 2. The zero-order valence-electron chi connectivity index (χ0n) is 13.0. The largest absolute Gasteiger partial charge is 0.490 e. The molecule has 3 rings (SSSR count). The van der Waals surface area contributed by atoms with Crippen molar-refractivity contribution >= 4 is 23.4 Å². The van der Waals surface area contributed by atoms with Crippen molar-refractivity contribution in [2.24, 2.45) is 0 Å². The number of anilines is 1. The molecule has 132 valence electrons. The highest BCUT2D eigenvalue weighted by Gasteiger charge is 2.16. The van der Waals surface area contributed by atoms with E-state index in [-0.39, 0.29) is 5.75 Å². The van der Waals surface area contributed by atoms with Gasteiger partial charge in [0.2, 0.25) is 5.91 Å². The zero-order valence-corrected chi connectivity index (χ0v) is 13.8. The summed E-state index contributed by atoms with van der Waals surface area (Å²) in [6.45, 7) is 1.14. The smallest absolute Gasteiger partial charge is 0.234 e. The number of hydrogen-bond donors (Lipinski definition) is 1. The van der Waals surface area contributed by atoms with Crippen molar-refractivity contribution in [2.75, 3.05) is 24.3 Å². The van der Waals surface area contributed by atoms with Crippen LogP contribution in [0.25, 0.3) is 0 Å². The van der Waals surface area contributed by atoms with Crippen LogP contribution in [-0.2, 0) is 4.79 Å². The quantitative estimate of drug-likeness (QED) is 0.654. The number of fused-ring (bicyclic) bond motifs is 1. The molecule has 0 saturated carbocycles. The Morgan fingerprint density at radius 1 is 1.04 bits per heavy atom. The molecule has 0 saturated heterocycles. The Bertz CT molecular complexity index is 801. The normalized spacial score (nSPS) is 13.2. The predicted molar refractivity (Wildman–Crippen MR) is 87.7 cm³/mol. The average molecular weight is 369 g/mol. The molecule has 0 atom stereocenters. The summed E-state index contributed by atoms with van der Waals surface area (Å²) in [7, 11) is 0. The van der Waals surface area contributed by atoms with E-state index in [0.717, 1.165) is 23.4 Å². The number of carbonyl (C=O) groups is 1. The molecule has 8 heteroatoms. The Kier molecular flexibility index (Phi) is 5.37. The van der Waals surface area contributed by atoms with Crippen molar-refractivity contribution in [1.82, 2.24) is 0 Å². The van der Waals surface area contributed by atoms with Gasteiger partial charge in [-0.05, 0) is 30.3 Å². The highest BCUT2D eigenvalue weighted by atomic mass is 32.2. The molecule has 1 amide bonds. The lowest BCUT2D eigenvalue weighted by Gasteiger charge is -2.10. The fourth-order valence-corrected chi connectivity index (χ4v) is 2.92. The Morgan fingerprint density at radius 2 is 1.80 bits per heavy atom. The van der Waals surface area contributed by atoms with Gasteiger partial charge in [0.15, 0.2) is 29.0 Å². The van der Waals surface area contributed by atoms with Gasteiger partial charge < -0.3 is 14.8 Å². The van der Waals surface area contributed by atoms with Crippen LogP contribution in [0.1, 0.15) is 6.42 Å². The summed E-state index contributed by atoms with van der Waals surface area (Å²) >= 11 is 1.20. The van der Waals surface area contributed by atoms with Crippen molar-refractivity contribution < 1.29 is 27.4 Å². The highest BCUT2D eigenvalue weighted by Crippen LogP contribution is 2.34. The van der Waals surface area contributed by atoms with Crippen molar-refractivity contribution in [3.63, 3.8) is 0 Å². The van der Waals surface area contributed by atoms with Crippen molar-refractivity contribution in [3.05, 3.63) is 47.8 Å². The summed E-state index contributed by atoms with van der Waals surface area (Å²) in [6, 6.07) is 7.03. The van der Waals surface area contributed by atoms with E-state index in [1.165, 1.54) is 11.8 Å². The maximum Gasteiger partial charge on any atom is 0.234 e. The van der Waals surface area contributed by atoms with Crippen LogP contribution in [0.15, 0.2) is 35.2 Å². The summed E-state index contributed by atoms with van der Waals surface area (Å²) < 4.78 is 50.7. The third-order valence-electron chi connectivity index (χ3n) is 3.40. The molecule has 4 nitrogen and oxygen atoms in total. The minimum absolute atomic E-state index is 0.0297. The van der Waals surface area contributed by atoms with E-state index >= 15 is 0 Å². The van der Waals surface area contributed by atoms with E-state index in [9.17, 15) is 18.0 Å². The maximum atomic E-state index is 13.5. The number of hydrogen-bond acceptors (Lipinski definition) is 4. The fourth-order valence-electron chi connectivity index (χ4n) is 2.19. The standard InChI is InChI=1S/C17H14F3NO3S/c18-11-3-4-12(17(20)16(11)19)21-15(22)9-25-10-2-5-13-14(8-10)24-7-1-6-23-13/h2-5,8H,1,6-7,9H2,(H,21,22). The van der Waals surface area contributed by atoms with Crippen LogP contribution in [0.4, 0.5) is 18.9 Å². The first-order chi connectivity index (χ1) is 12.0. The van der Waals surface area contributed by atoms with Crippen LogP contribution in [0.3, 0.4) is 0 Å². The summed E-state index contributed by atoms with van der Waals surface area (Å²) in [5.74, 6) is -3.66. The highest BCUT2D eigenvalue weighted by molar-refractivity contribution is 8.00. The van der Waals surface area contributed by atoms with Gasteiger partial charge in [0, 0.05) is 11.3 Å². The van der Waals surface area contributed by atoms with Gasteiger partial charge in [0.05, 0.1) is 24.7 Å². The van der Waals surface area contributed by atoms with Crippen LogP contribution >= 0.6 is 11.8 Å². The van der Waals surface area contributed by atoms with Gasteiger partial charge in [0.25, 0.3) is 0 Å². The minimum Gasteiger partial charge on any atom is -0.490 e. The number of rotatable bonds is 4. The van der Waals surface area contributed by atoms with Gasteiger partial charge in [0.1, 0.15) is 0 Å². The van der Waals surface area contributed by atoms with E-state index in [2.05, 4.69) is 5.32 Å². The molecule has 1 aliphatic heterocycles. The molecule has 2 aromatic rings. The van der Waals surface area contributed by atoms with Crippen LogP contribution in [0, 0.1) is 17.5 Å². The summed E-state index contributed by atoms with van der Waals surface area (Å²) in [5.41, 5.74) is -0.400. The fraction of sp³-hybridized carbons (Fsp3) is 0.235. The van der Waals surface area contributed by atoms with Gasteiger partial charge in [-0.1, -0.05) is 0 Å². The summed E-state index contributed by atoms with van der Waals surface area (Å²) in [6.07, 6.45) is 0.791. The molecule has 0 unspecified atom stereocenters. The molecule has 25 heavy (non-hydrogen) atoms. The monoisotopic (exact) mass is 369 g/mol. The number of amides is 1. The lowest BCUT2D eigenvalue weighted by atomic mass is 10.3. The third kappa shape index (κ3) is 4.19. The lowest BCUT2D eigenvalue weighted by molar-refractivity contribution is -0.113. The average Bonchev–Trinajstić information content (AvgIpc) is 2.85. The number of carbonyl (C=O) groups excluding carboxylic acids is 1. The molecule has 0 fully saturated rings. The van der Waals surface area contributed by atoms with Crippen LogP contribution in [-0.4, -0.2) is 24.9 Å². The third-order valence-corrected chi connectivity index (χ3v) is 4.39. The molecule has 0 bridgehead atoms. The molecule has 1 N–H and O–H groups in total. The molecule has 0 aliphatic carbocycles. The second-order valence-electron chi connectivity index (χ2n) is 5.22. The molecule has 2 aromatic carbocycles. The first-order valence-electron chi connectivity index (χ1n) is 7.50. The van der Waals surface area contributed by atoms with Gasteiger partial charge >= 0.3 is 0 Å². The number of halogens is 3. The van der Waals surface area contributed by atoms with E-state index in [4.69, 9.17) is 9.47 Å². The first kappa shape index (κ1) is 17.5. The van der Waals surface area contributed by atoms with Gasteiger partial charge in [-0.3, -0.25) is 4.79 Å². The number of thioether (sulfide) groups is 1. The minimum atomic E-state index is -1.62. The molecule has 0 spiro atoms. The molecule has 1 heterocycles.